The molecule has 0 fully saturated rings. The van der Waals surface area contributed by atoms with E-state index >= 15 is 0 Å². The summed E-state index contributed by atoms with van der Waals surface area (Å²) in [5.41, 5.74) is 7.70. The van der Waals surface area contributed by atoms with Crippen LogP contribution in [0, 0.1) is 13.8 Å². The molecule has 0 aliphatic heterocycles. The molecule has 22 heavy (non-hydrogen) atoms. The zero-order valence-electron chi connectivity index (χ0n) is 12.5. The average Bonchev–Trinajstić information content (AvgIpc) is 2.51. The lowest BCUT2D eigenvalue weighted by Gasteiger charge is -2.13. The van der Waals surface area contributed by atoms with Crippen LogP contribution in [0.2, 0.25) is 0 Å². The van der Waals surface area contributed by atoms with Crippen molar-refractivity contribution in [3.05, 3.63) is 80.7 Å². The van der Waals surface area contributed by atoms with Gasteiger partial charge in [0.2, 0.25) is 0 Å². The maximum absolute atomic E-state index is 3.50. The Hall–Kier alpha value is -1.38. The minimum atomic E-state index is 1.11. The molecule has 0 aromatic heterocycles. The van der Waals surface area contributed by atoms with Gasteiger partial charge in [0, 0.05) is 8.95 Å². The quantitative estimate of drug-likeness (QED) is 0.416. The Morgan fingerprint density at radius 1 is 0.545 bits per heavy atom. The molecule has 0 saturated heterocycles. The first-order valence-electron chi connectivity index (χ1n) is 7.18. The van der Waals surface area contributed by atoms with Crippen LogP contribution < -0.4 is 0 Å². The third-order valence-electron chi connectivity index (χ3n) is 3.88. The van der Waals surface area contributed by atoms with Gasteiger partial charge in [-0.15, -0.1) is 0 Å². The van der Waals surface area contributed by atoms with Gasteiger partial charge in [-0.25, -0.2) is 0 Å². The Kier molecular flexibility index (Phi) is 4.51. The molecule has 3 rings (SSSR count). The van der Waals surface area contributed by atoms with Gasteiger partial charge in [0.05, 0.1) is 0 Å². The summed E-state index contributed by atoms with van der Waals surface area (Å²) in [6.07, 6.45) is 0. The first-order valence-corrected chi connectivity index (χ1v) is 8.76. The van der Waals surface area contributed by atoms with E-state index in [9.17, 15) is 0 Å². The van der Waals surface area contributed by atoms with E-state index in [2.05, 4.69) is 106 Å². The Bertz CT molecular complexity index is 729. The minimum absolute atomic E-state index is 1.11. The predicted molar refractivity (Wildman–Crippen MR) is 102 cm³/mol. The summed E-state index contributed by atoms with van der Waals surface area (Å²) in [6.45, 7) is 4.36. The first-order chi connectivity index (χ1) is 10.5. The average molecular weight is 416 g/mol. The highest BCUT2D eigenvalue weighted by Crippen LogP contribution is 2.32. The summed E-state index contributed by atoms with van der Waals surface area (Å²) in [4.78, 5) is 0. The number of hydrogen-bond donors (Lipinski definition) is 0. The van der Waals surface area contributed by atoms with Crippen molar-refractivity contribution in [3.63, 3.8) is 0 Å². The van der Waals surface area contributed by atoms with E-state index in [1.165, 1.54) is 33.4 Å². The lowest BCUT2D eigenvalue weighted by molar-refractivity contribution is 1.38. The third kappa shape index (κ3) is 3.18. The van der Waals surface area contributed by atoms with E-state index in [1.807, 2.05) is 0 Å². The van der Waals surface area contributed by atoms with Crippen LogP contribution in [0.5, 0.6) is 0 Å². The van der Waals surface area contributed by atoms with E-state index < -0.39 is 0 Å². The molecule has 0 unspecified atom stereocenters. The molecule has 0 saturated carbocycles. The van der Waals surface area contributed by atoms with Crippen molar-refractivity contribution in [1.82, 2.24) is 0 Å². The highest BCUT2D eigenvalue weighted by Gasteiger charge is 2.08. The molecular formula is C20H16Br2. The summed E-state index contributed by atoms with van der Waals surface area (Å²) in [7, 11) is 0. The normalized spacial score (nSPS) is 10.7. The van der Waals surface area contributed by atoms with Crippen LogP contribution in [0.15, 0.2) is 69.6 Å². The number of hydrogen-bond acceptors (Lipinski definition) is 0. The van der Waals surface area contributed by atoms with Crippen molar-refractivity contribution >= 4 is 31.9 Å². The molecule has 0 N–H and O–H groups in total. The van der Waals surface area contributed by atoms with E-state index in [4.69, 9.17) is 0 Å². The summed E-state index contributed by atoms with van der Waals surface area (Å²) < 4.78 is 2.22. The van der Waals surface area contributed by atoms with Gasteiger partial charge in [0.15, 0.2) is 0 Å². The molecule has 0 aliphatic carbocycles. The van der Waals surface area contributed by atoms with Crippen LogP contribution in [-0.4, -0.2) is 0 Å². The van der Waals surface area contributed by atoms with Crippen molar-refractivity contribution in [3.8, 4) is 22.3 Å². The largest absolute Gasteiger partial charge is 0.0533 e. The maximum Gasteiger partial charge on any atom is 0.0175 e. The molecule has 0 spiro atoms. The number of aryl methyl sites for hydroxylation is 2. The van der Waals surface area contributed by atoms with Crippen molar-refractivity contribution in [2.24, 2.45) is 0 Å². The summed E-state index contributed by atoms with van der Waals surface area (Å²) in [5, 5.41) is 0. The van der Waals surface area contributed by atoms with Crippen LogP contribution in [0.3, 0.4) is 0 Å². The monoisotopic (exact) mass is 414 g/mol. The molecule has 3 aromatic carbocycles. The molecule has 0 radical (unpaired) electrons. The molecule has 0 aliphatic rings. The predicted octanol–water partition coefficient (Wildman–Crippen LogP) is 7.16. The second-order valence-electron chi connectivity index (χ2n) is 5.50. The third-order valence-corrected chi connectivity index (χ3v) is 4.94. The van der Waals surface area contributed by atoms with E-state index in [0.29, 0.717) is 0 Å². The first kappa shape index (κ1) is 15.5. The highest BCUT2D eigenvalue weighted by molar-refractivity contribution is 9.10. The zero-order chi connectivity index (χ0) is 15.7. The number of halogens is 2. The molecule has 110 valence electrons. The van der Waals surface area contributed by atoms with Crippen LogP contribution in [-0.2, 0) is 0 Å². The van der Waals surface area contributed by atoms with Gasteiger partial charge >= 0.3 is 0 Å². The van der Waals surface area contributed by atoms with Gasteiger partial charge in [0.25, 0.3) is 0 Å². The van der Waals surface area contributed by atoms with Crippen LogP contribution >= 0.6 is 31.9 Å². The van der Waals surface area contributed by atoms with Crippen molar-refractivity contribution in [2.75, 3.05) is 0 Å². The lowest BCUT2D eigenvalue weighted by Crippen LogP contribution is -1.90. The standard InChI is InChI=1S/C20H16Br2/c1-13-11-20(16-5-9-18(22)10-6-16)14(2)12-19(13)15-3-7-17(21)8-4-15/h3-12H,1-2H3. The summed E-state index contributed by atoms with van der Waals surface area (Å²) in [5.74, 6) is 0. The molecular weight excluding hydrogens is 400 g/mol. The van der Waals surface area contributed by atoms with Gasteiger partial charge in [-0.3, -0.25) is 0 Å². The zero-order valence-corrected chi connectivity index (χ0v) is 15.7. The van der Waals surface area contributed by atoms with Crippen molar-refractivity contribution in [1.29, 1.82) is 0 Å². The van der Waals surface area contributed by atoms with Crippen LogP contribution in [0.4, 0.5) is 0 Å². The maximum atomic E-state index is 3.50. The van der Waals surface area contributed by atoms with Gasteiger partial charge in [-0.2, -0.15) is 0 Å². The fraction of sp³-hybridized carbons (Fsp3) is 0.100. The van der Waals surface area contributed by atoms with E-state index in [0.717, 1.165) is 8.95 Å². The summed E-state index contributed by atoms with van der Waals surface area (Å²) in [6, 6.07) is 21.6. The number of benzene rings is 3. The number of rotatable bonds is 2. The van der Waals surface area contributed by atoms with Crippen LogP contribution in [0.25, 0.3) is 22.3 Å². The topological polar surface area (TPSA) is 0 Å². The highest BCUT2D eigenvalue weighted by atomic mass is 79.9. The van der Waals surface area contributed by atoms with Gasteiger partial charge in [-0.05, 0) is 71.5 Å². The molecule has 0 amide bonds. The Labute approximate surface area is 148 Å². The molecule has 2 heteroatoms. The molecule has 0 nitrogen and oxygen atoms in total. The van der Waals surface area contributed by atoms with Gasteiger partial charge < -0.3 is 0 Å². The Balaban J connectivity index is 2.08. The SMILES string of the molecule is Cc1cc(-c2ccc(Br)cc2)c(C)cc1-c1ccc(Br)cc1. The summed E-state index contributed by atoms with van der Waals surface area (Å²) >= 11 is 6.99. The second-order valence-corrected chi connectivity index (χ2v) is 7.33. The fourth-order valence-corrected chi connectivity index (χ4v) is 3.23. The van der Waals surface area contributed by atoms with Crippen molar-refractivity contribution < 1.29 is 0 Å². The second kappa shape index (κ2) is 6.39. The minimum Gasteiger partial charge on any atom is -0.0533 e. The van der Waals surface area contributed by atoms with Crippen LogP contribution in [0.1, 0.15) is 11.1 Å². The Morgan fingerprint density at radius 2 is 0.864 bits per heavy atom. The molecule has 0 heterocycles. The van der Waals surface area contributed by atoms with Gasteiger partial charge in [0.1, 0.15) is 0 Å². The van der Waals surface area contributed by atoms with E-state index in [-0.39, 0.29) is 0 Å². The lowest BCUT2D eigenvalue weighted by atomic mass is 9.92. The van der Waals surface area contributed by atoms with E-state index in [1.54, 1.807) is 0 Å². The Morgan fingerprint density at radius 3 is 1.18 bits per heavy atom. The molecule has 3 aromatic rings. The van der Waals surface area contributed by atoms with Crippen molar-refractivity contribution in [2.45, 2.75) is 13.8 Å². The molecule has 0 atom stereocenters. The fourth-order valence-electron chi connectivity index (χ4n) is 2.70. The molecule has 0 bridgehead atoms. The smallest absolute Gasteiger partial charge is 0.0175 e. The van der Waals surface area contributed by atoms with Gasteiger partial charge in [-0.1, -0.05) is 68.3 Å².